The SMILES string of the molecule is CS(=O)(=O)Nc1cncc(-c2nc(NCc3ccccn3)c3c(-c4ccc(F)cc4)ccn3n2)c1. The van der Waals surface area contributed by atoms with Gasteiger partial charge in [-0.1, -0.05) is 18.2 Å². The molecule has 4 aromatic heterocycles. The van der Waals surface area contributed by atoms with Crippen LogP contribution in [0.1, 0.15) is 5.69 Å². The molecular weight excluding hydrogens is 469 g/mol. The number of rotatable bonds is 7. The van der Waals surface area contributed by atoms with Gasteiger partial charge in [-0.15, -0.1) is 5.10 Å². The van der Waals surface area contributed by atoms with E-state index in [1.165, 1.54) is 18.3 Å². The van der Waals surface area contributed by atoms with Crippen molar-refractivity contribution in [3.05, 3.63) is 90.9 Å². The maximum absolute atomic E-state index is 13.5. The van der Waals surface area contributed by atoms with Crippen molar-refractivity contribution in [2.45, 2.75) is 6.54 Å². The molecule has 0 atom stereocenters. The van der Waals surface area contributed by atoms with Crippen LogP contribution in [0.25, 0.3) is 28.0 Å². The number of nitrogens with one attached hydrogen (secondary N) is 2. The van der Waals surface area contributed by atoms with E-state index in [0.29, 0.717) is 35.0 Å². The second-order valence-electron chi connectivity index (χ2n) is 7.82. The number of hydrogen-bond donors (Lipinski definition) is 2. The summed E-state index contributed by atoms with van der Waals surface area (Å²) in [5.74, 6) is 0.553. The van der Waals surface area contributed by atoms with Crippen molar-refractivity contribution in [3.8, 4) is 22.5 Å². The molecule has 0 bridgehead atoms. The minimum Gasteiger partial charge on any atom is -0.363 e. The van der Waals surface area contributed by atoms with Gasteiger partial charge in [0, 0.05) is 29.7 Å². The summed E-state index contributed by atoms with van der Waals surface area (Å²) in [6.07, 6.45) is 7.54. The largest absolute Gasteiger partial charge is 0.363 e. The zero-order chi connectivity index (χ0) is 24.4. The van der Waals surface area contributed by atoms with E-state index < -0.39 is 10.0 Å². The van der Waals surface area contributed by atoms with Crippen LogP contribution in [0, 0.1) is 5.82 Å². The monoisotopic (exact) mass is 489 g/mol. The highest BCUT2D eigenvalue weighted by molar-refractivity contribution is 7.92. The van der Waals surface area contributed by atoms with Crippen molar-refractivity contribution >= 4 is 27.0 Å². The van der Waals surface area contributed by atoms with Crippen LogP contribution in [0.2, 0.25) is 0 Å². The molecule has 1 aromatic carbocycles. The fourth-order valence-electron chi connectivity index (χ4n) is 3.64. The molecule has 5 aromatic rings. The van der Waals surface area contributed by atoms with Crippen LogP contribution in [0.15, 0.2) is 79.4 Å². The van der Waals surface area contributed by atoms with E-state index in [2.05, 4.69) is 25.1 Å². The third-order valence-electron chi connectivity index (χ3n) is 5.13. The third-order valence-corrected chi connectivity index (χ3v) is 5.74. The Morgan fingerprint density at radius 3 is 2.60 bits per heavy atom. The standard InChI is InChI=1S/C24H20FN7O2S/c1-35(33,34)31-20-12-17(13-26-14-20)23-29-24(28-15-19-4-2-3-10-27-19)22-21(9-11-32(22)30-23)16-5-7-18(25)8-6-16/h2-14,31H,15H2,1H3,(H,28,29,30). The summed E-state index contributed by atoms with van der Waals surface area (Å²) in [5.41, 5.74) is 3.99. The van der Waals surface area contributed by atoms with Crippen LogP contribution >= 0.6 is 0 Å². The third kappa shape index (κ3) is 5.09. The van der Waals surface area contributed by atoms with Crippen molar-refractivity contribution in [3.63, 3.8) is 0 Å². The molecule has 0 aliphatic heterocycles. The molecule has 0 saturated carbocycles. The van der Waals surface area contributed by atoms with E-state index >= 15 is 0 Å². The van der Waals surface area contributed by atoms with Crippen LogP contribution in [-0.2, 0) is 16.6 Å². The van der Waals surface area contributed by atoms with Crippen LogP contribution < -0.4 is 10.0 Å². The number of benzene rings is 1. The molecule has 0 spiro atoms. The summed E-state index contributed by atoms with van der Waals surface area (Å²) < 4.78 is 40.9. The Labute approximate surface area is 200 Å². The van der Waals surface area contributed by atoms with Crippen LogP contribution in [-0.4, -0.2) is 39.2 Å². The number of aromatic nitrogens is 5. The number of nitrogens with zero attached hydrogens (tertiary/aromatic N) is 5. The normalized spacial score (nSPS) is 11.5. The second-order valence-corrected chi connectivity index (χ2v) is 9.57. The van der Waals surface area contributed by atoms with Crippen molar-refractivity contribution in [1.82, 2.24) is 24.6 Å². The highest BCUT2D eigenvalue weighted by atomic mass is 32.2. The van der Waals surface area contributed by atoms with E-state index in [1.54, 1.807) is 41.3 Å². The van der Waals surface area contributed by atoms with Crippen molar-refractivity contribution < 1.29 is 12.8 Å². The van der Waals surface area contributed by atoms with E-state index in [4.69, 9.17) is 4.98 Å². The Balaban J connectivity index is 1.61. The van der Waals surface area contributed by atoms with E-state index in [0.717, 1.165) is 23.1 Å². The van der Waals surface area contributed by atoms with Gasteiger partial charge in [0.1, 0.15) is 11.3 Å². The molecule has 2 N–H and O–H groups in total. The van der Waals surface area contributed by atoms with Crippen molar-refractivity contribution in [2.75, 3.05) is 16.3 Å². The minimum atomic E-state index is -3.47. The molecule has 0 amide bonds. The zero-order valence-electron chi connectivity index (χ0n) is 18.6. The van der Waals surface area contributed by atoms with Gasteiger partial charge in [-0.05, 0) is 42.0 Å². The van der Waals surface area contributed by atoms with Gasteiger partial charge in [-0.3, -0.25) is 14.7 Å². The summed E-state index contributed by atoms with van der Waals surface area (Å²) in [5, 5.41) is 7.96. The summed E-state index contributed by atoms with van der Waals surface area (Å²) >= 11 is 0. The van der Waals surface area contributed by atoms with Gasteiger partial charge in [0.15, 0.2) is 11.6 Å². The quantitative estimate of drug-likeness (QED) is 0.355. The highest BCUT2D eigenvalue weighted by Crippen LogP contribution is 2.31. The Hall–Kier alpha value is -4.38. The van der Waals surface area contributed by atoms with Gasteiger partial charge < -0.3 is 5.32 Å². The number of halogens is 1. The number of pyridine rings is 2. The molecule has 0 radical (unpaired) electrons. The summed E-state index contributed by atoms with van der Waals surface area (Å²) in [6.45, 7) is 0.412. The molecule has 9 nitrogen and oxygen atoms in total. The number of hydrogen-bond acceptors (Lipinski definition) is 7. The zero-order valence-corrected chi connectivity index (χ0v) is 19.4. The number of anilines is 2. The smallest absolute Gasteiger partial charge is 0.229 e. The lowest BCUT2D eigenvalue weighted by atomic mass is 10.1. The predicted molar refractivity (Wildman–Crippen MR) is 132 cm³/mol. The molecule has 5 rings (SSSR count). The lowest BCUT2D eigenvalue weighted by Crippen LogP contribution is -2.10. The van der Waals surface area contributed by atoms with E-state index in [9.17, 15) is 12.8 Å². The molecule has 4 heterocycles. The number of fused-ring (bicyclic) bond motifs is 1. The molecule has 35 heavy (non-hydrogen) atoms. The van der Waals surface area contributed by atoms with Gasteiger partial charge in [0.05, 0.1) is 30.4 Å². The molecule has 0 aliphatic carbocycles. The fourth-order valence-corrected chi connectivity index (χ4v) is 4.18. The predicted octanol–water partition coefficient (Wildman–Crippen LogP) is 3.98. The average molecular weight is 490 g/mol. The topological polar surface area (TPSA) is 114 Å². The highest BCUT2D eigenvalue weighted by Gasteiger charge is 2.16. The second kappa shape index (κ2) is 9.11. The first-order valence-electron chi connectivity index (χ1n) is 10.6. The molecular formula is C24H20FN7O2S. The molecule has 0 fully saturated rings. The average Bonchev–Trinajstić information content (AvgIpc) is 3.27. The Kier molecular flexibility index (Phi) is 5.83. The molecule has 11 heteroatoms. The van der Waals surface area contributed by atoms with E-state index in [-0.39, 0.29) is 5.82 Å². The van der Waals surface area contributed by atoms with Gasteiger partial charge >= 0.3 is 0 Å². The summed E-state index contributed by atoms with van der Waals surface area (Å²) in [4.78, 5) is 13.2. The van der Waals surface area contributed by atoms with Gasteiger partial charge in [-0.25, -0.2) is 22.3 Å². The van der Waals surface area contributed by atoms with Gasteiger partial charge in [0.25, 0.3) is 0 Å². The first kappa shape index (κ1) is 22.4. The lowest BCUT2D eigenvalue weighted by Gasteiger charge is -2.12. The fraction of sp³-hybridized carbons (Fsp3) is 0.0833. The first-order valence-corrected chi connectivity index (χ1v) is 12.5. The summed E-state index contributed by atoms with van der Waals surface area (Å²) in [7, 11) is -3.47. The van der Waals surface area contributed by atoms with Gasteiger partial charge in [0.2, 0.25) is 10.0 Å². The van der Waals surface area contributed by atoms with Crippen molar-refractivity contribution in [1.29, 1.82) is 0 Å². The van der Waals surface area contributed by atoms with Crippen LogP contribution in [0.4, 0.5) is 15.9 Å². The molecule has 0 saturated heterocycles. The Morgan fingerprint density at radius 2 is 1.86 bits per heavy atom. The van der Waals surface area contributed by atoms with Crippen LogP contribution in [0.5, 0.6) is 0 Å². The molecule has 176 valence electrons. The molecule has 0 aliphatic rings. The number of sulfonamides is 1. The minimum absolute atomic E-state index is 0.302. The van der Waals surface area contributed by atoms with Gasteiger partial charge in [-0.2, -0.15) is 0 Å². The lowest BCUT2D eigenvalue weighted by molar-refractivity contribution is 0.606. The van der Waals surface area contributed by atoms with E-state index in [1.807, 2.05) is 24.3 Å². The Bertz CT molecular complexity index is 1600. The van der Waals surface area contributed by atoms with Crippen molar-refractivity contribution in [2.24, 2.45) is 0 Å². The maximum Gasteiger partial charge on any atom is 0.229 e. The first-order chi connectivity index (χ1) is 16.9. The maximum atomic E-state index is 13.5. The Morgan fingerprint density at radius 1 is 1.03 bits per heavy atom. The summed E-state index contributed by atoms with van der Waals surface area (Å²) in [6, 6.07) is 15.3. The van der Waals surface area contributed by atoms with Crippen LogP contribution in [0.3, 0.4) is 0 Å². The molecule has 0 unspecified atom stereocenters.